The van der Waals surface area contributed by atoms with E-state index in [1.165, 1.54) is 32.1 Å². The van der Waals surface area contributed by atoms with Crippen molar-refractivity contribution in [1.82, 2.24) is 0 Å². The molecule has 1 aliphatic carbocycles. The van der Waals surface area contributed by atoms with Crippen molar-refractivity contribution in [3.63, 3.8) is 0 Å². The van der Waals surface area contributed by atoms with E-state index in [9.17, 15) is 5.11 Å². The molecule has 0 aromatic rings. The molecule has 0 bridgehead atoms. The third-order valence-corrected chi connectivity index (χ3v) is 4.84. The molecule has 1 radical (unpaired) electrons. The summed E-state index contributed by atoms with van der Waals surface area (Å²) >= 11 is 0. The topological polar surface area (TPSA) is 29.5 Å². The largest absolute Gasteiger partial charge is 0.393 e. The minimum atomic E-state index is -0.828. The van der Waals surface area contributed by atoms with Gasteiger partial charge in [0.15, 0.2) is 0 Å². The lowest BCUT2D eigenvalue weighted by Crippen LogP contribution is -2.38. The SMILES string of the molecule is C[Si](C)O[C@H](O)C(CC1CCCCC1)C(C)(C)C. The van der Waals surface area contributed by atoms with Gasteiger partial charge in [0.1, 0.15) is 6.29 Å². The zero-order chi connectivity index (χ0) is 13.8. The van der Waals surface area contributed by atoms with E-state index < -0.39 is 15.3 Å². The van der Waals surface area contributed by atoms with Crippen LogP contribution in [-0.2, 0) is 4.43 Å². The Morgan fingerprint density at radius 2 is 1.72 bits per heavy atom. The van der Waals surface area contributed by atoms with Crippen LogP contribution in [0.5, 0.6) is 0 Å². The van der Waals surface area contributed by atoms with Crippen molar-refractivity contribution >= 4 is 9.04 Å². The first-order valence-corrected chi connectivity index (χ1v) is 9.86. The van der Waals surface area contributed by atoms with E-state index in [1.807, 2.05) is 0 Å². The number of aliphatic hydroxyl groups is 1. The summed E-state index contributed by atoms with van der Waals surface area (Å²) < 4.78 is 5.74. The second kappa shape index (κ2) is 7.06. The summed E-state index contributed by atoms with van der Waals surface area (Å²) in [5.41, 5.74) is 0.119. The van der Waals surface area contributed by atoms with Gasteiger partial charge < -0.3 is 9.53 Å². The van der Waals surface area contributed by atoms with Gasteiger partial charge in [-0.2, -0.15) is 0 Å². The highest BCUT2D eigenvalue weighted by molar-refractivity contribution is 6.48. The van der Waals surface area contributed by atoms with Crippen molar-refractivity contribution < 1.29 is 9.53 Å². The molecule has 0 aromatic carbocycles. The first kappa shape index (κ1) is 16.2. The van der Waals surface area contributed by atoms with Gasteiger partial charge in [0.25, 0.3) is 0 Å². The van der Waals surface area contributed by atoms with Gasteiger partial charge in [-0.3, -0.25) is 0 Å². The van der Waals surface area contributed by atoms with E-state index >= 15 is 0 Å². The predicted octanol–water partition coefficient (Wildman–Crippen LogP) is 4.21. The van der Waals surface area contributed by atoms with Crippen molar-refractivity contribution in [2.75, 3.05) is 0 Å². The second-order valence-corrected chi connectivity index (χ2v) is 9.18. The monoisotopic (exact) mass is 271 g/mol. The quantitative estimate of drug-likeness (QED) is 0.599. The van der Waals surface area contributed by atoms with E-state index in [2.05, 4.69) is 33.9 Å². The Bertz CT molecular complexity index is 229. The van der Waals surface area contributed by atoms with Crippen LogP contribution in [0.4, 0.5) is 0 Å². The number of rotatable bonds is 5. The molecule has 1 saturated carbocycles. The lowest BCUT2D eigenvalue weighted by molar-refractivity contribution is -0.105. The molecule has 0 aliphatic heterocycles. The Labute approximate surface area is 115 Å². The van der Waals surface area contributed by atoms with Crippen molar-refractivity contribution in [3.8, 4) is 0 Å². The van der Waals surface area contributed by atoms with Gasteiger partial charge in [-0.1, -0.05) is 52.9 Å². The molecule has 1 unspecified atom stereocenters. The zero-order valence-electron chi connectivity index (χ0n) is 12.8. The molecule has 0 aromatic heterocycles. The van der Waals surface area contributed by atoms with Crippen LogP contribution in [0, 0.1) is 17.3 Å². The average Bonchev–Trinajstić information content (AvgIpc) is 2.24. The summed E-state index contributed by atoms with van der Waals surface area (Å²) in [6.45, 7) is 10.9. The van der Waals surface area contributed by atoms with E-state index in [-0.39, 0.29) is 11.3 Å². The number of hydrogen-bond acceptors (Lipinski definition) is 2. The van der Waals surface area contributed by atoms with Crippen molar-refractivity contribution in [1.29, 1.82) is 0 Å². The number of aliphatic hydroxyl groups excluding tert-OH is 1. The fourth-order valence-electron chi connectivity index (χ4n) is 3.00. The van der Waals surface area contributed by atoms with Gasteiger partial charge in [0.2, 0.25) is 9.04 Å². The normalized spacial score (nSPS) is 22.2. The maximum Gasteiger partial charge on any atom is 0.208 e. The van der Waals surface area contributed by atoms with Gasteiger partial charge >= 0.3 is 0 Å². The molecule has 2 atom stereocenters. The summed E-state index contributed by atoms with van der Waals surface area (Å²) in [4.78, 5) is 0. The van der Waals surface area contributed by atoms with Crippen LogP contribution in [-0.4, -0.2) is 20.4 Å². The molecule has 107 valence electrons. The fraction of sp³-hybridized carbons (Fsp3) is 1.00. The molecule has 0 spiro atoms. The third-order valence-electron chi connectivity index (χ3n) is 4.13. The summed E-state index contributed by atoms with van der Waals surface area (Å²) in [6, 6.07) is 0. The van der Waals surface area contributed by atoms with Crippen LogP contribution in [0.2, 0.25) is 13.1 Å². The highest BCUT2D eigenvalue weighted by atomic mass is 28.3. The van der Waals surface area contributed by atoms with Gasteiger partial charge in [-0.25, -0.2) is 0 Å². The highest BCUT2D eigenvalue weighted by Gasteiger charge is 2.34. The fourth-order valence-corrected chi connectivity index (χ4v) is 3.65. The van der Waals surface area contributed by atoms with Crippen LogP contribution < -0.4 is 0 Å². The predicted molar refractivity (Wildman–Crippen MR) is 78.7 cm³/mol. The molecular weight excluding hydrogens is 240 g/mol. The summed E-state index contributed by atoms with van der Waals surface area (Å²) in [5.74, 6) is 1.06. The number of hydrogen-bond donors (Lipinski definition) is 1. The summed E-state index contributed by atoms with van der Waals surface area (Å²) in [5, 5.41) is 10.3. The third kappa shape index (κ3) is 5.41. The van der Waals surface area contributed by atoms with E-state index in [0.717, 1.165) is 12.3 Å². The zero-order valence-corrected chi connectivity index (χ0v) is 13.8. The smallest absolute Gasteiger partial charge is 0.208 e. The molecule has 1 aliphatic rings. The van der Waals surface area contributed by atoms with Crippen LogP contribution >= 0.6 is 0 Å². The molecular formula is C15H31O2Si. The average molecular weight is 271 g/mol. The Balaban J connectivity index is 2.60. The van der Waals surface area contributed by atoms with Crippen LogP contribution in [0.15, 0.2) is 0 Å². The highest BCUT2D eigenvalue weighted by Crippen LogP contribution is 2.38. The van der Waals surface area contributed by atoms with Crippen molar-refractivity contribution in [2.24, 2.45) is 17.3 Å². The maximum absolute atomic E-state index is 10.3. The first-order valence-electron chi connectivity index (χ1n) is 7.45. The molecule has 1 fully saturated rings. The molecule has 18 heavy (non-hydrogen) atoms. The molecule has 2 nitrogen and oxygen atoms in total. The molecule has 1 N–H and O–H groups in total. The van der Waals surface area contributed by atoms with Crippen molar-refractivity contribution in [3.05, 3.63) is 0 Å². The maximum atomic E-state index is 10.3. The standard InChI is InChI=1S/C15H31O2Si/c1-15(2,3)13(14(16)17-18(4)5)11-12-9-7-6-8-10-12/h12-14,16H,6-11H2,1-5H3/t13?,14-/m0/s1. The Hall–Kier alpha value is 0.137. The minimum absolute atomic E-state index is 0.119. The Morgan fingerprint density at radius 1 is 1.17 bits per heavy atom. The van der Waals surface area contributed by atoms with Crippen LogP contribution in [0.3, 0.4) is 0 Å². The summed E-state index contributed by atoms with van der Waals surface area (Å²) in [7, 11) is -0.828. The molecule has 0 amide bonds. The van der Waals surface area contributed by atoms with Crippen LogP contribution in [0.25, 0.3) is 0 Å². The molecule has 1 rings (SSSR count). The van der Waals surface area contributed by atoms with Gasteiger partial charge in [-0.15, -0.1) is 0 Å². The lowest BCUT2D eigenvalue weighted by Gasteiger charge is -2.38. The van der Waals surface area contributed by atoms with E-state index in [4.69, 9.17) is 4.43 Å². The van der Waals surface area contributed by atoms with E-state index in [0.29, 0.717) is 0 Å². The van der Waals surface area contributed by atoms with Crippen LogP contribution in [0.1, 0.15) is 59.3 Å². The van der Waals surface area contributed by atoms with Gasteiger partial charge in [0, 0.05) is 5.92 Å². The minimum Gasteiger partial charge on any atom is -0.393 e. The Morgan fingerprint density at radius 3 is 2.17 bits per heavy atom. The van der Waals surface area contributed by atoms with Gasteiger partial charge in [0.05, 0.1) is 0 Å². The molecule has 3 heteroatoms. The van der Waals surface area contributed by atoms with Gasteiger partial charge in [-0.05, 0) is 30.8 Å². The molecule has 0 heterocycles. The van der Waals surface area contributed by atoms with E-state index in [1.54, 1.807) is 0 Å². The second-order valence-electron chi connectivity index (χ2n) is 7.13. The van der Waals surface area contributed by atoms with Crippen molar-refractivity contribution in [2.45, 2.75) is 78.7 Å². The summed E-state index contributed by atoms with van der Waals surface area (Å²) in [6.07, 6.45) is 7.37. The first-order chi connectivity index (χ1) is 8.30. The Kier molecular flexibility index (Phi) is 6.35. The molecule has 0 saturated heterocycles. The lowest BCUT2D eigenvalue weighted by atomic mass is 9.72.